The molecule has 24 heavy (non-hydrogen) atoms. The van der Waals surface area contributed by atoms with E-state index in [1.807, 2.05) is 0 Å². The largest absolute Gasteiger partial charge is 0.474 e. The summed E-state index contributed by atoms with van der Waals surface area (Å²) in [5, 5.41) is 0. The van der Waals surface area contributed by atoms with Crippen LogP contribution in [-0.4, -0.2) is 47.1 Å². The number of carbonyl (C=O) groups excluding carboxylic acids is 2. The molecule has 1 aliphatic heterocycles. The van der Waals surface area contributed by atoms with Gasteiger partial charge in [0.1, 0.15) is 5.56 Å². The SMILES string of the molecule is CC(C)Oc1ncccc1C(=O)N1C[C@@H](C(F)(F)F)[C@H](C(N)=O)C1. The maximum atomic E-state index is 13.1. The van der Waals surface area contributed by atoms with Gasteiger partial charge in [0.2, 0.25) is 11.8 Å². The molecule has 9 heteroatoms. The molecule has 1 aliphatic rings. The first-order valence-corrected chi connectivity index (χ1v) is 7.38. The fraction of sp³-hybridized carbons (Fsp3) is 0.533. The Hall–Kier alpha value is -2.32. The maximum Gasteiger partial charge on any atom is 0.394 e. The summed E-state index contributed by atoms with van der Waals surface area (Å²) in [7, 11) is 0. The van der Waals surface area contributed by atoms with E-state index < -0.39 is 36.4 Å². The van der Waals surface area contributed by atoms with Crippen molar-refractivity contribution in [3.8, 4) is 5.88 Å². The second-order valence-corrected chi connectivity index (χ2v) is 5.89. The molecule has 2 N–H and O–H groups in total. The minimum absolute atomic E-state index is 0.0450. The predicted octanol–water partition coefficient (Wildman–Crippen LogP) is 1.60. The van der Waals surface area contributed by atoms with Crippen LogP contribution in [0.1, 0.15) is 24.2 Å². The third-order valence-corrected chi connectivity index (χ3v) is 3.74. The second kappa shape index (κ2) is 6.66. The van der Waals surface area contributed by atoms with E-state index in [4.69, 9.17) is 10.5 Å². The van der Waals surface area contributed by atoms with Gasteiger partial charge in [0, 0.05) is 19.3 Å². The van der Waals surface area contributed by atoms with Crippen molar-refractivity contribution in [2.24, 2.45) is 17.6 Å². The first-order chi connectivity index (χ1) is 11.1. The molecule has 0 aromatic carbocycles. The molecule has 132 valence electrons. The number of halogens is 3. The Bertz CT molecular complexity index is 634. The van der Waals surface area contributed by atoms with Gasteiger partial charge in [0.15, 0.2) is 0 Å². The third kappa shape index (κ3) is 3.77. The highest BCUT2D eigenvalue weighted by molar-refractivity contribution is 5.97. The van der Waals surface area contributed by atoms with E-state index in [0.29, 0.717) is 0 Å². The van der Waals surface area contributed by atoms with Gasteiger partial charge in [0.05, 0.1) is 17.9 Å². The van der Waals surface area contributed by atoms with Crippen LogP contribution in [0.2, 0.25) is 0 Å². The average Bonchev–Trinajstić information content (AvgIpc) is 2.92. The van der Waals surface area contributed by atoms with E-state index in [2.05, 4.69) is 4.98 Å². The molecule has 6 nitrogen and oxygen atoms in total. The van der Waals surface area contributed by atoms with E-state index in [0.717, 1.165) is 4.90 Å². The maximum absolute atomic E-state index is 13.1. The normalized spacial score (nSPS) is 21.2. The average molecular weight is 345 g/mol. The van der Waals surface area contributed by atoms with Gasteiger partial charge in [-0.15, -0.1) is 0 Å². The highest BCUT2D eigenvalue weighted by Gasteiger charge is 2.53. The number of hydrogen-bond donors (Lipinski definition) is 1. The van der Waals surface area contributed by atoms with Crippen LogP contribution in [0.3, 0.4) is 0 Å². The van der Waals surface area contributed by atoms with E-state index in [1.54, 1.807) is 13.8 Å². The monoisotopic (exact) mass is 345 g/mol. The van der Waals surface area contributed by atoms with Gasteiger partial charge in [-0.2, -0.15) is 13.2 Å². The van der Waals surface area contributed by atoms with E-state index >= 15 is 0 Å². The highest BCUT2D eigenvalue weighted by Crippen LogP contribution is 2.38. The van der Waals surface area contributed by atoms with Crippen molar-refractivity contribution in [3.63, 3.8) is 0 Å². The van der Waals surface area contributed by atoms with Crippen LogP contribution in [-0.2, 0) is 4.79 Å². The number of likely N-dealkylation sites (tertiary alicyclic amines) is 1. The Morgan fingerprint density at radius 3 is 2.54 bits per heavy atom. The summed E-state index contributed by atoms with van der Waals surface area (Å²) in [5.74, 6) is -5.12. The topological polar surface area (TPSA) is 85.5 Å². The van der Waals surface area contributed by atoms with Crippen LogP contribution in [0.15, 0.2) is 18.3 Å². The molecule has 0 unspecified atom stereocenters. The Morgan fingerprint density at radius 2 is 2.04 bits per heavy atom. The molecule has 0 saturated carbocycles. The van der Waals surface area contributed by atoms with Crippen molar-refractivity contribution in [1.29, 1.82) is 0 Å². The zero-order chi connectivity index (χ0) is 18.1. The molecule has 0 bridgehead atoms. The number of alkyl halides is 3. The van der Waals surface area contributed by atoms with Crippen molar-refractivity contribution in [2.45, 2.75) is 26.1 Å². The smallest absolute Gasteiger partial charge is 0.394 e. The van der Waals surface area contributed by atoms with Gasteiger partial charge in [-0.25, -0.2) is 4.98 Å². The number of nitrogens with zero attached hydrogens (tertiary/aromatic N) is 2. The van der Waals surface area contributed by atoms with Crippen LogP contribution < -0.4 is 10.5 Å². The van der Waals surface area contributed by atoms with Gasteiger partial charge in [-0.05, 0) is 26.0 Å². The van der Waals surface area contributed by atoms with E-state index in [9.17, 15) is 22.8 Å². The van der Waals surface area contributed by atoms with Crippen molar-refractivity contribution >= 4 is 11.8 Å². The molecule has 2 rings (SSSR count). The molecule has 1 aromatic rings. The molecular formula is C15H18F3N3O3. The first-order valence-electron chi connectivity index (χ1n) is 7.38. The lowest BCUT2D eigenvalue weighted by Gasteiger charge is -2.19. The Morgan fingerprint density at radius 1 is 1.38 bits per heavy atom. The number of rotatable bonds is 4. The zero-order valence-corrected chi connectivity index (χ0v) is 13.2. The number of ether oxygens (including phenoxy) is 1. The number of hydrogen-bond acceptors (Lipinski definition) is 4. The summed E-state index contributed by atoms with van der Waals surface area (Å²) in [6, 6.07) is 2.91. The molecule has 1 aromatic heterocycles. The quantitative estimate of drug-likeness (QED) is 0.898. The number of nitrogens with two attached hydrogens (primary N) is 1. The molecule has 0 spiro atoms. The van der Waals surface area contributed by atoms with Gasteiger partial charge in [-0.3, -0.25) is 9.59 Å². The molecule has 1 saturated heterocycles. The molecule has 2 amide bonds. The molecule has 2 atom stereocenters. The van der Waals surface area contributed by atoms with Crippen LogP contribution in [0.4, 0.5) is 13.2 Å². The fourth-order valence-electron chi connectivity index (χ4n) is 2.63. The van der Waals surface area contributed by atoms with E-state index in [1.165, 1.54) is 18.3 Å². The molecule has 1 fully saturated rings. The van der Waals surface area contributed by atoms with Crippen LogP contribution in [0.5, 0.6) is 5.88 Å². The standard InChI is InChI=1S/C15H18F3N3O3/c1-8(2)24-13-9(4-3-5-20-13)14(23)21-6-10(12(19)22)11(7-21)15(16,17)18/h3-5,8,10-11H,6-7H2,1-2H3,(H2,19,22)/t10-,11-/m1/s1. The van der Waals surface area contributed by atoms with Crippen molar-refractivity contribution in [3.05, 3.63) is 23.9 Å². The number of carbonyl (C=O) groups is 2. The molecular weight excluding hydrogens is 327 g/mol. The van der Waals surface area contributed by atoms with Crippen LogP contribution in [0, 0.1) is 11.8 Å². The summed E-state index contributed by atoms with van der Waals surface area (Å²) < 4.78 is 44.7. The van der Waals surface area contributed by atoms with Crippen LogP contribution in [0.25, 0.3) is 0 Å². The Labute approximate surface area is 136 Å². The summed E-state index contributed by atoms with van der Waals surface area (Å²) in [6.07, 6.45) is -3.45. The van der Waals surface area contributed by atoms with Crippen molar-refractivity contribution in [2.75, 3.05) is 13.1 Å². The number of pyridine rings is 1. The summed E-state index contributed by atoms with van der Waals surface area (Å²) in [6.45, 7) is 2.48. The summed E-state index contributed by atoms with van der Waals surface area (Å²) >= 11 is 0. The van der Waals surface area contributed by atoms with E-state index in [-0.39, 0.29) is 24.1 Å². The molecule has 0 radical (unpaired) electrons. The van der Waals surface area contributed by atoms with Crippen molar-refractivity contribution in [1.82, 2.24) is 9.88 Å². The molecule has 0 aliphatic carbocycles. The lowest BCUT2D eigenvalue weighted by molar-refractivity contribution is -0.182. The Kier molecular flexibility index (Phi) is 5.00. The predicted molar refractivity (Wildman–Crippen MR) is 78.1 cm³/mol. The number of amides is 2. The minimum atomic E-state index is -4.61. The summed E-state index contributed by atoms with van der Waals surface area (Å²) in [5.41, 5.74) is 5.12. The van der Waals surface area contributed by atoms with Gasteiger partial charge < -0.3 is 15.4 Å². The lowest BCUT2D eigenvalue weighted by Crippen LogP contribution is -2.37. The highest BCUT2D eigenvalue weighted by atomic mass is 19.4. The zero-order valence-electron chi connectivity index (χ0n) is 13.2. The van der Waals surface area contributed by atoms with Gasteiger partial charge >= 0.3 is 6.18 Å². The number of primary amides is 1. The van der Waals surface area contributed by atoms with Gasteiger partial charge in [-0.1, -0.05) is 0 Å². The minimum Gasteiger partial charge on any atom is -0.474 e. The fourth-order valence-corrected chi connectivity index (χ4v) is 2.63. The first kappa shape index (κ1) is 18.0. The summed E-state index contributed by atoms with van der Waals surface area (Å²) in [4.78, 5) is 28.8. The lowest BCUT2D eigenvalue weighted by atomic mass is 9.95. The number of aromatic nitrogens is 1. The Balaban J connectivity index is 2.27. The van der Waals surface area contributed by atoms with Gasteiger partial charge in [0.25, 0.3) is 5.91 Å². The second-order valence-electron chi connectivity index (χ2n) is 5.89. The van der Waals surface area contributed by atoms with Crippen LogP contribution >= 0.6 is 0 Å². The molecule has 2 heterocycles. The van der Waals surface area contributed by atoms with Crippen molar-refractivity contribution < 1.29 is 27.5 Å². The third-order valence-electron chi connectivity index (χ3n) is 3.74.